The minimum atomic E-state index is -0.280. The first-order valence-electron chi connectivity index (χ1n) is 4.65. The summed E-state index contributed by atoms with van der Waals surface area (Å²) in [5.41, 5.74) is 0.739. The highest BCUT2D eigenvalue weighted by atomic mass is 35.5. The van der Waals surface area contributed by atoms with Gasteiger partial charge >= 0.3 is 5.97 Å². The predicted molar refractivity (Wildman–Crippen MR) is 58.3 cm³/mol. The SMILES string of the molecule is CCOC(=O)Cc1cc(Cl)ccc1OC. The maximum absolute atomic E-state index is 11.3. The van der Waals surface area contributed by atoms with E-state index in [2.05, 4.69) is 0 Å². The van der Waals surface area contributed by atoms with Crippen molar-refractivity contribution in [3.05, 3.63) is 28.8 Å². The summed E-state index contributed by atoms with van der Waals surface area (Å²) in [6.45, 7) is 2.15. The molecular formula is C11H13ClO3. The van der Waals surface area contributed by atoms with Crippen LogP contribution in [0.15, 0.2) is 18.2 Å². The van der Waals surface area contributed by atoms with E-state index in [0.29, 0.717) is 17.4 Å². The van der Waals surface area contributed by atoms with Crippen molar-refractivity contribution in [1.82, 2.24) is 0 Å². The van der Waals surface area contributed by atoms with Crippen molar-refractivity contribution in [2.45, 2.75) is 13.3 Å². The molecule has 0 bridgehead atoms. The summed E-state index contributed by atoms with van der Waals surface area (Å²) in [6.07, 6.45) is 0.178. The summed E-state index contributed by atoms with van der Waals surface area (Å²) in [5.74, 6) is 0.366. The van der Waals surface area contributed by atoms with Gasteiger partial charge in [-0.15, -0.1) is 0 Å². The zero-order chi connectivity index (χ0) is 11.3. The Morgan fingerprint density at radius 2 is 2.20 bits per heavy atom. The lowest BCUT2D eigenvalue weighted by molar-refractivity contribution is -0.142. The number of benzene rings is 1. The lowest BCUT2D eigenvalue weighted by Gasteiger charge is -2.08. The first-order valence-corrected chi connectivity index (χ1v) is 5.03. The fourth-order valence-corrected chi connectivity index (χ4v) is 1.45. The molecule has 0 atom stereocenters. The smallest absolute Gasteiger partial charge is 0.310 e. The van der Waals surface area contributed by atoms with E-state index in [0.717, 1.165) is 5.56 Å². The average Bonchev–Trinajstić information content (AvgIpc) is 2.18. The van der Waals surface area contributed by atoms with Gasteiger partial charge in [0.2, 0.25) is 0 Å². The van der Waals surface area contributed by atoms with Gasteiger partial charge in [0.15, 0.2) is 0 Å². The molecule has 0 heterocycles. The summed E-state index contributed by atoms with van der Waals surface area (Å²) in [6, 6.07) is 5.16. The third-order valence-electron chi connectivity index (χ3n) is 1.88. The third kappa shape index (κ3) is 3.44. The topological polar surface area (TPSA) is 35.5 Å². The standard InChI is InChI=1S/C11H13ClO3/c1-3-15-11(13)7-8-6-9(12)4-5-10(8)14-2/h4-6H,3,7H2,1-2H3. The largest absolute Gasteiger partial charge is 0.496 e. The maximum Gasteiger partial charge on any atom is 0.310 e. The van der Waals surface area contributed by atoms with Crippen LogP contribution in [0.1, 0.15) is 12.5 Å². The number of halogens is 1. The zero-order valence-corrected chi connectivity index (χ0v) is 9.50. The highest BCUT2D eigenvalue weighted by Crippen LogP contribution is 2.23. The highest BCUT2D eigenvalue weighted by molar-refractivity contribution is 6.30. The Bertz CT molecular complexity index is 350. The van der Waals surface area contributed by atoms with Gasteiger partial charge in [-0.2, -0.15) is 0 Å². The van der Waals surface area contributed by atoms with Crippen molar-refractivity contribution in [3.8, 4) is 5.75 Å². The van der Waals surface area contributed by atoms with Gasteiger partial charge in [0.25, 0.3) is 0 Å². The van der Waals surface area contributed by atoms with Gasteiger partial charge in [0, 0.05) is 10.6 Å². The van der Waals surface area contributed by atoms with Crippen LogP contribution in [0.2, 0.25) is 5.02 Å². The number of methoxy groups -OCH3 is 1. The minimum absolute atomic E-state index is 0.178. The van der Waals surface area contributed by atoms with Crippen LogP contribution in [0, 0.1) is 0 Å². The number of carbonyl (C=O) groups excluding carboxylic acids is 1. The highest BCUT2D eigenvalue weighted by Gasteiger charge is 2.09. The molecule has 0 aliphatic carbocycles. The van der Waals surface area contributed by atoms with E-state index in [9.17, 15) is 4.79 Å². The summed E-state index contributed by atoms with van der Waals surface area (Å²) in [7, 11) is 1.55. The van der Waals surface area contributed by atoms with Crippen LogP contribution in [0.25, 0.3) is 0 Å². The third-order valence-corrected chi connectivity index (χ3v) is 2.12. The van der Waals surface area contributed by atoms with Crippen LogP contribution in [-0.2, 0) is 16.0 Å². The Kier molecular flexibility index (Phi) is 4.43. The molecule has 1 rings (SSSR count). The number of rotatable bonds is 4. The van der Waals surface area contributed by atoms with Crippen LogP contribution in [-0.4, -0.2) is 19.7 Å². The zero-order valence-electron chi connectivity index (χ0n) is 8.75. The molecule has 15 heavy (non-hydrogen) atoms. The number of hydrogen-bond acceptors (Lipinski definition) is 3. The molecule has 0 saturated heterocycles. The first-order chi connectivity index (χ1) is 7.17. The van der Waals surface area contributed by atoms with Crippen LogP contribution in [0.3, 0.4) is 0 Å². The first kappa shape index (κ1) is 11.9. The fraction of sp³-hybridized carbons (Fsp3) is 0.364. The maximum atomic E-state index is 11.3. The second kappa shape index (κ2) is 5.61. The van der Waals surface area contributed by atoms with E-state index in [1.807, 2.05) is 0 Å². The molecular weight excluding hydrogens is 216 g/mol. The molecule has 0 aliphatic heterocycles. The van der Waals surface area contributed by atoms with Crippen LogP contribution < -0.4 is 4.74 Å². The molecule has 3 nitrogen and oxygen atoms in total. The van der Waals surface area contributed by atoms with E-state index in [1.54, 1.807) is 32.2 Å². The van der Waals surface area contributed by atoms with E-state index in [4.69, 9.17) is 21.1 Å². The van der Waals surface area contributed by atoms with Crippen LogP contribution >= 0.6 is 11.6 Å². The van der Waals surface area contributed by atoms with Gasteiger partial charge in [-0.3, -0.25) is 4.79 Å². The van der Waals surface area contributed by atoms with E-state index < -0.39 is 0 Å². The van der Waals surface area contributed by atoms with Crippen LogP contribution in [0.5, 0.6) is 5.75 Å². The van der Waals surface area contributed by atoms with Crippen molar-refractivity contribution >= 4 is 17.6 Å². The van der Waals surface area contributed by atoms with Crippen molar-refractivity contribution < 1.29 is 14.3 Å². The van der Waals surface area contributed by atoms with Crippen molar-refractivity contribution in [2.24, 2.45) is 0 Å². The van der Waals surface area contributed by atoms with E-state index >= 15 is 0 Å². The Labute approximate surface area is 93.9 Å². The number of carbonyl (C=O) groups is 1. The number of esters is 1. The van der Waals surface area contributed by atoms with E-state index in [-0.39, 0.29) is 12.4 Å². The van der Waals surface area contributed by atoms with Gasteiger partial charge in [0.1, 0.15) is 5.75 Å². The normalized spacial score (nSPS) is 9.80. The lowest BCUT2D eigenvalue weighted by Crippen LogP contribution is -2.08. The molecule has 0 saturated carbocycles. The molecule has 0 radical (unpaired) electrons. The van der Waals surface area contributed by atoms with Gasteiger partial charge in [-0.1, -0.05) is 11.6 Å². The van der Waals surface area contributed by atoms with Crippen LogP contribution in [0.4, 0.5) is 0 Å². The second-order valence-electron chi connectivity index (χ2n) is 2.94. The molecule has 0 aliphatic rings. The summed E-state index contributed by atoms with van der Waals surface area (Å²) in [4.78, 5) is 11.3. The van der Waals surface area contributed by atoms with Gasteiger partial charge in [0.05, 0.1) is 20.1 Å². The molecule has 0 amide bonds. The second-order valence-corrected chi connectivity index (χ2v) is 3.37. The van der Waals surface area contributed by atoms with Crippen molar-refractivity contribution in [2.75, 3.05) is 13.7 Å². The molecule has 0 fully saturated rings. The predicted octanol–water partition coefficient (Wildman–Crippen LogP) is 2.45. The Hall–Kier alpha value is -1.22. The summed E-state index contributed by atoms with van der Waals surface area (Å²) >= 11 is 5.83. The van der Waals surface area contributed by atoms with E-state index in [1.165, 1.54) is 0 Å². The van der Waals surface area contributed by atoms with Gasteiger partial charge in [-0.25, -0.2) is 0 Å². The fourth-order valence-electron chi connectivity index (χ4n) is 1.25. The lowest BCUT2D eigenvalue weighted by atomic mass is 10.1. The quantitative estimate of drug-likeness (QED) is 0.743. The Morgan fingerprint density at radius 3 is 2.80 bits per heavy atom. The van der Waals surface area contributed by atoms with Crippen molar-refractivity contribution in [3.63, 3.8) is 0 Å². The van der Waals surface area contributed by atoms with Gasteiger partial charge < -0.3 is 9.47 Å². The molecule has 0 spiro atoms. The van der Waals surface area contributed by atoms with Crippen molar-refractivity contribution in [1.29, 1.82) is 0 Å². The molecule has 4 heteroatoms. The number of ether oxygens (including phenoxy) is 2. The average molecular weight is 229 g/mol. The Morgan fingerprint density at radius 1 is 1.47 bits per heavy atom. The monoisotopic (exact) mass is 228 g/mol. The molecule has 0 N–H and O–H groups in total. The molecule has 0 aromatic heterocycles. The Balaban J connectivity index is 2.82. The summed E-state index contributed by atoms with van der Waals surface area (Å²) in [5, 5.41) is 0.579. The summed E-state index contributed by atoms with van der Waals surface area (Å²) < 4.78 is 9.96. The minimum Gasteiger partial charge on any atom is -0.496 e. The molecule has 1 aromatic rings. The molecule has 1 aromatic carbocycles. The van der Waals surface area contributed by atoms with Gasteiger partial charge in [-0.05, 0) is 25.1 Å². The molecule has 82 valence electrons. The number of hydrogen-bond donors (Lipinski definition) is 0. The molecule has 0 unspecified atom stereocenters.